The van der Waals surface area contributed by atoms with Crippen LogP contribution in [0.15, 0.2) is 76.5 Å². The number of alkyl halides is 1. The number of carboxylic acids is 1. The second-order valence-electron chi connectivity index (χ2n) is 9.18. The summed E-state index contributed by atoms with van der Waals surface area (Å²) in [6.45, 7) is -1.33. The zero-order chi connectivity index (χ0) is 27.7. The number of urea groups is 1. The van der Waals surface area contributed by atoms with Crippen molar-refractivity contribution in [3.8, 4) is 0 Å². The Balaban J connectivity index is 1.55. The van der Waals surface area contributed by atoms with Crippen molar-refractivity contribution in [2.45, 2.75) is 41.3 Å². The van der Waals surface area contributed by atoms with E-state index in [2.05, 4.69) is 5.32 Å². The molecule has 3 aromatic carbocycles. The third-order valence-electron chi connectivity index (χ3n) is 6.69. The second-order valence-corrected chi connectivity index (χ2v) is 10.7. The number of nitrogens with zero attached hydrogens (tertiary/aromatic N) is 2. The molecule has 2 aliphatic rings. The van der Waals surface area contributed by atoms with Crippen molar-refractivity contribution in [3.63, 3.8) is 0 Å². The van der Waals surface area contributed by atoms with E-state index in [1.165, 1.54) is 21.6 Å². The number of nitrogens with one attached hydrogen (secondary N) is 1. The Hall–Kier alpha value is -3.89. The van der Waals surface area contributed by atoms with Gasteiger partial charge in [0.25, 0.3) is 0 Å². The molecule has 2 heterocycles. The molecule has 5 rings (SSSR count). The first-order valence-electron chi connectivity index (χ1n) is 12.1. The van der Waals surface area contributed by atoms with E-state index in [9.17, 15) is 28.7 Å². The quantitative estimate of drug-likeness (QED) is 0.435. The van der Waals surface area contributed by atoms with Crippen LogP contribution < -0.4 is 10.2 Å². The molecule has 2 N–H and O–H groups in total. The minimum absolute atomic E-state index is 0.0927. The molecule has 3 aromatic rings. The number of Topliss-reactive ketones (excluding diaryl/α,β-unsaturated/α-hetero) is 1. The van der Waals surface area contributed by atoms with Crippen molar-refractivity contribution in [2.75, 3.05) is 11.6 Å². The Morgan fingerprint density at radius 1 is 1.00 bits per heavy atom. The number of benzene rings is 3. The summed E-state index contributed by atoms with van der Waals surface area (Å²) in [6, 6.07) is 16.9. The standard InChI is InChI=1S/C28H23ClFN3O5S/c29-18-9-10-25-21(12-18)33(20-7-3-4-8-24(20)39-25)28(38)32-15-17-6-2-1-5-16(17)11-22(32)27(37)31-19(13-26(35)36)23(34)14-30/h1-10,12,19,22H,11,13-15H2,(H,31,37)(H,35,36). The van der Waals surface area contributed by atoms with Crippen LogP contribution in [-0.2, 0) is 27.3 Å². The molecule has 0 bridgehead atoms. The van der Waals surface area contributed by atoms with Gasteiger partial charge in [-0.3, -0.25) is 19.3 Å². The van der Waals surface area contributed by atoms with E-state index in [1.54, 1.807) is 18.2 Å². The van der Waals surface area contributed by atoms with Crippen LogP contribution in [0.2, 0.25) is 5.02 Å². The molecule has 2 aliphatic heterocycles. The molecule has 0 spiro atoms. The van der Waals surface area contributed by atoms with Crippen molar-refractivity contribution in [1.29, 1.82) is 0 Å². The van der Waals surface area contributed by atoms with Gasteiger partial charge in [-0.05, 0) is 41.5 Å². The maximum atomic E-state index is 14.4. The van der Waals surface area contributed by atoms with Gasteiger partial charge >= 0.3 is 12.0 Å². The summed E-state index contributed by atoms with van der Waals surface area (Å²) in [7, 11) is 0. The number of fused-ring (bicyclic) bond motifs is 3. The highest BCUT2D eigenvalue weighted by Crippen LogP contribution is 2.49. The summed E-state index contributed by atoms with van der Waals surface area (Å²) >= 11 is 7.81. The molecule has 200 valence electrons. The van der Waals surface area contributed by atoms with Crippen LogP contribution in [0.25, 0.3) is 0 Å². The molecule has 8 nitrogen and oxygen atoms in total. The molecule has 3 amide bonds. The minimum atomic E-state index is -1.55. The summed E-state index contributed by atoms with van der Waals surface area (Å²) in [5.41, 5.74) is 2.87. The number of anilines is 2. The van der Waals surface area contributed by atoms with Gasteiger partial charge in [-0.25, -0.2) is 9.18 Å². The van der Waals surface area contributed by atoms with E-state index in [4.69, 9.17) is 11.6 Å². The Morgan fingerprint density at radius 2 is 1.69 bits per heavy atom. The molecule has 0 saturated carbocycles. The molecule has 0 aliphatic carbocycles. The Labute approximate surface area is 232 Å². The number of halogens is 2. The first kappa shape index (κ1) is 26.7. The third kappa shape index (κ3) is 5.35. The lowest BCUT2D eigenvalue weighted by Gasteiger charge is -2.41. The van der Waals surface area contributed by atoms with Gasteiger partial charge in [-0.2, -0.15) is 0 Å². The third-order valence-corrected chi connectivity index (χ3v) is 8.06. The lowest BCUT2D eigenvalue weighted by molar-refractivity contribution is -0.140. The highest BCUT2D eigenvalue weighted by Gasteiger charge is 2.40. The van der Waals surface area contributed by atoms with E-state index in [0.717, 1.165) is 20.9 Å². The lowest BCUT2D eigenvalue weighted by atomic mass is 9.93. The molecule has 0 aromatic heterocycles. The Kier molecular flexibility index (Phi) is 7.58. The van der Waals surface area contributed by atoms with Gasteiger partial charge in [0.05, 0.1) is 17.8 Å². The van der Waals surface area contributed by atoms with Crippen LogP contribution in [0.1, 0.15) is 17.5 Å². The van der Waals surface area contributed by atoms with E-state index in [-0.39, 0.29) is 13.0 Å². The van der Waals surface area contributed by atoms with Crippen LogP contribution in [-0.4, -0.2) is 52.5 Å². The fourth-order valence-electron chi connectivity index (χ4n) is 4.80. The molecule has 0 fully saturated rings. The monoisotopic (exact) mass is 567 g/mol. The number of ketones is 1. The molecule has 11 heteroatoms. The van der Waals surface area contributed by atoms with E-state index in [0.29, 0.717) is 16.4 Å². The number of amides is 3. The highest BCUT2D eigenvalue weighted by atomic mass is 35.5. The molecule has 0 saturated heterocycles. The number of rotatable bonds is 6. The second kappa shape index (κ2) is 11.1. The summed E-state index contributed by atoms with van der Waals surface area (Å²) < 4.78 is 13.2. The van der Waals surface area contributed by atoms with Gasteiger partial charge < -0.3 is 15.3 Å². The summed E-state index contributed by atoms with van der Waals surface area (Å²) in [5, 5.41) is 12.0. The molecular weight excluding hydrogens is 545 g/mol. The van der Waals surface area contributed by atoms with Crippen molar-refractivity contribution in [2.24, 2.45) is 0 Å². The van der Waals surface area contributed by atoms with Gasteiger partial charge in [0.2, 0.25) is 5.91 Å². The molecule has 2 atom stereocenters. The first-order valence-corrected chi connectivity index (χ1v) is 13.3. The molecular formula is C28H23ClFN3O5S. The maximum absolute atomic E-state index is 14.4. The highest BCUT2D eigenvalue weighted by molar-refractivity contribution is 7.99. The number of aliphatic carboxylic acids is 1. The maximum Gasteiger partial charge on any atom is 0.330 e. The number of para-hydroxylation sites is 1. The lowest BCUT2D eigenvalue weighted by Crippen LogP contribution is -2.58. The molecule has 39 heavy (non-hydrogen) atoms. The number of carbonyl (C=O) groups is 4. The molecule has 0 radical (unpaired) electrons. The van der Waals surface area contributed by atoms with Crippen LogP contribution in [0, 0.1) is 0 Å². The van der Waals surface area contributed by atoms with Crippen LogP contribution in [0.4, 0.5) is 20.6 Å². The molecule has 2 unspecified atom stereocenters. The largest absolute Gasteiger partial charge is 0.481 e. The number of carbonyl (C=O) groups excluding carboxylic acids is 3. The summed E-state index contributed by atoms with van der Waals surface area (Å²) in [5.74, 6) is -3.15. The van der Waals surface area contributed by atoms with Crippen LogP contribution in [0.5, 0.6) is 0 Å². The van der Waals surface area contributed by atoms with Crippen LogP contribution >= 0.6 is 23.4 Å². The van der Waals surface area contributed by atoms with Crippen molar-refractivity contribution in [3.05, 3.63) is 82.9 Å². The van der Waals surface area contributed by atoms with Gasteiger partial charge in [0, 0.05) is 27.8 Å². The van der Waals surface area contributed by atoms with Gasteiger partial charge in [0.15, 0.2) is 5.78 Å². The number of hydrogen-bond acceptors (Lipinski definition) is 5. The van der Waals surface area contributed by atoms with E-state index < -0.39 is 48.9 Å². The zero-order valence-corrected chi connectivity index (χ0v) is 22.0. The smallest absolute Gasteiger partial charge is 0.330 e. The minimum Gasteiger partial charge on any atom is -0.481 e. The predicted molar refractivity (Wildman–Crippen MR) is 144 cm³/mol. The topological polar surface area (TPSA) is 107 Å². The average Bonchev–Trinajstić information content (AvgIpc) is 2.93. The van der Waals surface area contributed by atoms with Gasteiger partial charge in [-0.1, -0.05) is 59.8 Å². The predicted octanol–water partition coefficient (Wildman–Crippen LogP) is 4.99. The number of carboxylic acid groups (broad SMARTS) is 1. The fourth-order valence-corrected chi connectivity index (χ4v) is 6.01. The van der Waals surface area contributed by atoms with Crippen molar-refractivity contribution < 1.29 is 28.7 Å². The number of hydrogen-bond donors (Lipinski definition) is 2. The van der Waals surface area contributed by atoms with E-state index in [1.807, 2.05) is 48.5 Å². The SMILES string of the molecule is O=C(O)CC(NC(=O)C1Cc2ccccc2CN1C(=O)N1c2ccccc2Sc2ccc(Cl)cc21)C(=O)CF. The Bertz CT molecular complexity index is 1490. The summed E-state index contributed by atoms with van der Waals surface area (Å²) in [4.78, 5) is 55.8. The van der Waals surface area contributed by atoms with Crippen LogP contribution in [0.3, 0.4) is 0 Å². The summed E-state index contributed by atoms with van der Waals surface area (Å²) in [6.07, 6.45) is -0.641. The van der Waals surface area contributed by atoms with Crippen molar-refractivity contribution in [1.82, 2.24) is 10.2 Å². The fraction of sp³-hybridized carbons (Fsp3) is 0.214. The zero-order valence-electron chi connectivity index (χ0n) is 20.5. The van der Waals surface area contributed by atoms with Crippen molar-refractivity contribution >= 4 is 58.4 Å². The van der Waals surface area contributed by atoms with E-state index >= 15 is 0 Å². The first-order chi connectivity index (χ1) is 18.8. The Morgan fingerprint density at radius 3 is 2.44 bits per heavy atom. The van der Waals surface area contributed by atoms with Gasteiger partial charge in [-0.15, -0.1) is 0 Å². The average molecular weight is 568 g/mol. The normalized spacial score (nSPS) is 16.4. The van der Waals surface area contributed by atoms with Gasteiger partial charge in [0.1, 0.15) is 18.8 Å².